The van der Waals surface area contributed by atoms with E-state index >= 15 is 0 Å². The number of benzene rings is 2. The Labute approximate surface area is 176 Å². The number of carbonyl (C=O) groups is 2. The number of nitrogens with zero attached hydrogens (tertiary/aromatic N) is 3. The fraction of sp³-hybridized carbons (Fsp3) is 0.348. The van der Waals surface area contributed by atoms with E-state index in [1.54, 1.807) is 6.20 Å². The van der Waals surface area contributed by atoms with Crippen LogP contribution in [0.3, 0.4) is 0 Å². The Morgan fingerprint density at radius 3 is 2.87 bits per heavy atom. The lowest BCUT2D eigenvalue weighted by Crippen LogP contribution is -2.56. The predicted octanol–water partition coefficient (Wildman–Crippen LogP) is 1.93. The number of aromatic nitrogens is 2. The minimum absolute atomic E-state index is 0.0752. The Morgan fingerprint density at radius 1 is 1.17 bits per heavy atom. The molecule has 2 amide bonds. The summed E-state index contributed by atoms with van der Waals surface area (Å²) >= 11 is 0. The number of nitrogens with one attached hydrogen (secondary N) is 2. The number of carbonyl (C=O) groups excluding carboxylic acids is 2. The summed E-state index contributed by atoms with van der Waals surface area (Å²) in [6, 6.07) is 16.0. The molecule has 2 N–H and O–H groups in total. The van der Waals surface area contributed by atoms with Gasteiger partial charge in [-0.05, 0) is 34.9 Å². The fourth-order valence-electron chi connectivity index (χ4n) is 3.89. The molecular formula is C23H27N5O2. The zero-order valence-corrected chi connectivity index (χ0v) is 17.0. The molecule has 7 heteroatoms. The third-order valence-electron chi connectivity index (χ3n) is 5.47. The highest BCUT2D eigenvalue weighted by Crippen LogP contribution is 2.19. The maximum absolute atomic E-state index is 12.5. The van der Waals surface area contributed by atoms with E-state index in [9.17, 15) is 9.59 Å². The van der Waals surface area contributed by atoms with Crippen LogP contribution in [0, 0.1) is 0 Å². The molecule has 0 aliphatic carbocycles. The fourth-order valence-corrected chi connectivity index (χ4v) is 3.89. The van der Waals surface area contributed by atoms with Gasteiger partial charge < -0.3 is 10.6 Å². The summed E-state index contributed by atoms with van der Waals surface area (Å²) in [5.41, 5.74) is 1.15. The van der Waals surface area contributed by atoms with Gasteiger partial charge in [0.05, 0.1) is 12.5 Å². The average Bonchev–Trinajstić information content (AvgIpc) is 3.27. The highest BCUT2D eigenvalue weighted by Gasteiger charge is 2.31. The topological polar surface area (TPSA) is 79.3 Å². The molecule has 7 nitrogen and oxygen atoms in total. The van der Waals surface area contributed by atoms with Gasteiger partial charge in [0.15, 0.2) is 0 Å². The second kappa shape index (κ2) is 9.54. The van der Waals surface area contributed by atoms with Crippen molar-refractivity contribution in [3.63, 3.8) is 0 Å². The van der Waals surface area contributed by atoms with Gasteiger partial charge in [-0.25, -0.2) is 0 Å². The molecule has 0 radical (unpaired) electrons. The molecule has 4 rings (SSSR count). The Bertz CT molecular complexity index is 1000. The first-order valence-corrected chi connectivity index (χ1v) is 10.4. The van der Waals surface area contributed by atoms with E-state index in [1.165, 1.54) is 10.8 Å². The van der Waals surface area contributed by atoms with Crippen molar-refractivity contribution in [2.75, 3.05) is 19.6 Å². The Kier molecular flexibility index (Phi) is 6.39. The summed E-state index contributed by atoms with van der Waals surface area (Å²) in [7, 11) is 0. The van der Waals surface area contributed by atoms with Crippen molar-refractivity contribution in [2.24, 2.45) is 0 Å². The number of aryl methyl sites for hydroxylation is 1. The third kappa shape index (κ3) is 5.04. The SMILES string of the molecule is O=C(CC1C(=O)NCCN1Cc1ccc2ccccc2c1)NCCCn1cccn1. The molecule has 1 saturated heterocycles. The van der Waals surface area contributed by atoms with E-state index in [2.05, 4.69) is 51.0 Å². The summed E-state index contributed by atoms with van der Waals surface area (Å²) in [6.45, 7) is 3.31. The van der Waals surface area contributed by atoms with Gasteiger partial charge in [0.1, 0.15) is 0 Å². The lowest BCUT2D eigenvalue weighted by atomic mass is 10.0. The van der Waals surface area contributed by atoms with Gasteiger partial charge in [0, 0.05) is 45.1 Å². The highest BCUT2D eigenvalue weighted by molar-refractivity contribution is 5.89. The van der Waals surface area contributed by atoms with E-state index in [1.807, 2.05) is 29.1 Å². The van der Waals surface area contributed by atoms with E-state index in [4.69, 9.17) is 0 Å². The monoisotopic (exact) mass is 405 g/mol. The first kappa shape index (κ1) is 20.1. The molecule has 1 fully saturated rings. The average molecular weight is 406 g/mol. The van der Waals surface area contributed by atoms with Crippen LogP contribution in [0.1, 0.15) is 18.4 Å². The first-order chi connectivity index (χ1) is 14.7. The van der Waals surface area contributed by atoms with Crippen LogP contribution in [-0.4, -0.2) is 52.2 Å². The van der Waals surface area contributed by atoms with Crippen LogP contribution in [0.15, 0.2) is 60.9 Å². The van der Waals surface area contributed by atoms with Crippen molar-refractivity contribution in [3.8, 4) is 0 Å². The van der Waals surface area contributed by atoms with E-state index in [-0.39, 0.29) is 18.2 Å². The molecular weight excluding hydrogens is 378 g/mol. The van der Waals surface area contributed by atoms with Crippen molar-refractivity contribution < 1.29 is 9.59 Å². The second-order valence-electron chi connectivity index (χ2n) is 7.64. The van der Waals surface area contributed by atoms with Gasteiger partial charge in [-0.2, -0.15) is 5.10 Å². The highest BCUT2D eigenvalue weighted by atomic mass is 16.2. The van der Waals surface area contributed by atoms with Crippen molar-refractivity contribution in [2.45, 2.75) is 32.0 Å². The second-order valence-corrected chi connectivity index (χ2v) is 7.64. The van der Waals surface area contributed by atoms with Gasteiger partial charge in [-0.1, -0.05) is 36.4 Å². The molecule has 2 aromatic carbocycles. The number of fused-ring (bicyclic) bond motifs is 1. The number of hydrogen-bond acceptors (Lipinski definition) is 4. The molecule has 30 heavy (non-hydrogen) atoms. The standard InChI is InChI=1S/C23H27N5O2/c29-22(24-9-3-12-28-13-4-10-26-28)16-21-23(30)25-11-14-27(21)17-18-7-8-19-5-1-2-6-20(19)15-18/h1-2,4-8,10,13,15,21H,3,9,11-12,14,16-17H2,(H,24,29)(H,25,30). The predicted molar refractivity (Wildman–Crippen MR) is 116 cm³/mol. The minimum Gasteiger partial charge on any atom is -0.356 e. The normalized spacial score (nSPS) is 17.1. The summed E-state index contributed by atoms with van der Waals surface area (Å²) in [4.78, 5) is 27.0. The number of rotatable bonds is 8. The van der Waals surface area contributed by atoms with E-state index in [0.29, 0.717) is 19.6 Å². The zero-order valence-electron chi connectivity index (χ0n) is 17.0. The van der Waals surface area contributed by atoms with E-state index < -0.39 is 6.04 Å². The molecule has 156 valence electrons. The Morgan fingerprint density at radius 2 is 2.03 bits per heavy atom. The summed E-state index contributed by atoms with van der Waals surface area (Å²) in [6.07, 6.45) is 4.61. The third-order valence-corrected chi connectivity index (χ3v) is 5.47. The molecule has 0 bridgehead atoms. The smallest absolute Gasteiger partial charge is 0.237 e. The van der Waals surface area contributed by atoms with Gasteiger partial charge in [0.2, 0.25) is 11.8 Å². The van der Waals surface area contributed by atoms with Crippen molar-refractivity contribution >= 4 is 22.6 Å². The first-order valence-electron chi connectivity index (χ1n) is 10.4. The van der Waals surface area contributed by atoms with Crippen LogP contribution in [-0.2, 0) is 22.7 Å². The minimum atomic E-state index is -0.448. The number of amides is 2. The molecule has 0 spiro atoms. The maximum Gasteiger partial charge on any atom is 0.237 e. The largest absolute Gasteiger partial charge is 0.356 e. The van der Waals surface area contributed by atoms with Crippen LogP contribution >= 0.6 is 0 Å². The van der Waals surface area contributed by atoms with Crippen LogP contribution in [0.2, 0.25) is 0 Å². The van der Waals surface area contributed by atoms with Crippen LogP contribution in [0.25, 0.3) is 10.8 Å². The summed E-state index contributed by atoms with van der Waals surface area (Å²) in [5, 5.41) is 12.4. The molecule has 1 aromatic heterocycles. The summed E-state index contributed by atoms with van der Waals surface area (Å²) < 4.78 is 1.84. The van der Waals surface area contributed by atoms with E-state index in [0.717, 1.165) is 25.1 Å². The molecule has 1 unspecified atom stereocenters. The van der Waals surface area contributed by atoms with Gasteiger partial charge in [-0.15, -0.1) is 0 Å². The summed E-state index contributed by atoms with van der Waals surface area (Å²) in [5.74, 6) is -0.172. The van der Waals surface area contributed by atoms with Crippen molar-refractivity contribution in [1.82, 2.24) is 25.3 Å². The van der Waals surface area contributed by atoms with Crippen LogP contribution in [0.4, 0.5) is 0 Å². The van der Waals surface area contributed by atoms with Gasteiger partial charge >= 0.3 is 0 Å². The molecule has 0 saturated carbocycles. The molecule has 1 aliphatic heterocycles. The Balaban J connectivity index is 1.33. The quantitative estimate of drug-likeness (QED) is 0.562. The number of piperazine rings is 1. The van der Waals surface area contributed by atoms with Gasteiger partial charge in [-0.3, -0.25) is 19.2 Å². The van der Waals surface area contributed by atoms with Crippen LogP contribution < -0.4 is 10.6 Å². The maximum atomic E-state index is 12.5. The van der Waals surface area contributed by atoms with Crippen LogP contribution in [0.5, 0.6) is 0 Å². The Hall–Kier alpha value is -3.19. The van der Waals surface area contributed by atoms with Crippen molar-refractivity contribution in [1.29, 1.82) is 0 Å². The molecule has 2 heterocycles. The zero-order chi connectivity index (χ0) is 20.8. The van der Waals surface area contributed by atoms with Crippen molar-refractivity contribution in [3.05, 3.63) is 66.5 Å². The lowest BCUT2D eigenvalue weighted by Gasteiger charge is -2.34. The molecule has 1 atom stereocenters. The lowest BCUT2D eigenvalue weighted by molar-refractivity contribution is -0.134. The molecule has 3 aromatic rings. The van der Waals surface area contributed by atoms with Gasteiger partial charge in [0.25, 0.3) is 0 Å². The number of hydrogen-bond donors (Lipinski definition) is 2. The molecule has 1 aliphatic rings.